The van der Waals surface area contributed by atoms with Crippen LogP contribution in [0.4, 0.5) is 0 Å². The number of esters is 1. The lowest BCUT2D eigenvalue weighted by atomic mass is 10.3. The molecule has 0 saturated heterocycles. The van der Waals surface area contributed by atoms with Crippen molar-refractivity contribution in [2.45, 2.75) is 0 Å². The minimum absolute atomic E-state index is 0.231. The maximum atomic E-state index is 10.5. The first kappa shape index (κ1) is 7.69. The number of carbonyl (C=O) groups excluding carboxylic acids is 1. The summed E-state index contributed by atoms with van der Waals surface area (Å²) in [6.45, 7) is 9.88. The number of ether oxygens (including phenoxy) is 1. The molecule has 0 amide bonds. The van der Waals surface area contributed by atoms with Gasteiger partial charge in [-0.05, 0) is 0 Å². The molecule has 0 aliphatic carbocycles. The Morgan fingerprint density at radius 1 is 1.44 bits per heavy atom. The largest absolute Gasteiger partial charge is 0.432 e. The third-order valence-corrected chi connectivity index (χ3v) is 0.699. The summed E-state index contributed by atoms with van der Waals surface area (Å²) in [5, 5.41) is 0. The monoisotopic (exact) mass is 124 g/mol. The number of carbonyl (C=O) groups is 1. The third-order valence-electron chi connectivity index (χ3n) is 0.699. The van der Waals surface area contributed by atoms with Gasteiger partial charge in [-0.2, -0.15) is 0 Å². The van der Waals surface area contributed by atoms with Gasteiger partial charge in [0.1, 0.15) is 0 Å². The van der Waals surface area contributed by atoms with Gasteiger partial charge in [-0.3, -0.25) is 0 Å². The van der Waals surface area contributed by atoms with E-state index < -0.39 is 5.97 Å². The topological polar surface area (TPSA) is 26.3 Å². The minimum Gasteiger partial charge on any atom is -0.432 e. The summed E-state index contributed by atoms with van der Waals surface area (Å²) in [5.74, 6) is -0.514. The van der Waals surface area contributed by atoms with Crippen molar-refractivity contribution >= 4 is 5.97 Å². The molecule has 0 aromatic heterocycles. The van der Waals surface area contributed by atoms with Gasteiger partial charge in [0.25, 0.3) is 0 Å². The lowest BCUT2D eigenvalue weighted by Gasteiger charge is -1.93. The Labute approximate surface area is 54.1 Å². The van der Waals surface area contributed by atoms with Crippen LogP contribution in [0.15, 0.2) is 37.6 Å². The van der Waals surface area contributed by atoms with E-state index in [9.17, 15) is 4.79 Å². The summed E-state index contributed by atoms with van der Waals surface area (Å²) in [6.07, 6.45) is 2.38. The lowest BCUT2D eigenvalue weighted by molar-refractivity contribution is -0.133. The highest BCUT2D eigenvalue weighted by molar-refractivity contribution is 5.90. The standard InChI is InChI=1S/C7H8O2/c1-4-6(3)7(8)9-5-2/h4-5H,1-3H2. The zero-order valence-corrected chi connectivity index (χ0v) is 5.09. The third kappa shape index (κ3) is 2.49. The average molecular weight is 124 g/mol. The predicted octanol–water partition coefficient (Wildman–Crippen LogP) is 1.42. The van der Waals surface area contributed by atoms with Gasteiger partial charge >= 0.3 is 5.97 Å². The Kier molecular flexibility index (Phi) is 3.13. The molecular formula is C7H8O2. The van der Waals surface area contributed by atoms with Gasteiger partial charge in [0.05, 0.1) is 11.8 Å². The first-order valence-electron chi connectivity index (χ1n) is 2.35. The molecule has 0 bridgehead atoms. The van der Waals surface area contributed by atoms with E-state index in [0.29, 0.717) is 0 Å². The van der Waals surface area contributed by atoms with Crippen molar-refractivity contribution in [1.82, 2.24) is 0 Å². The Morgan fingerprint density at radius 3 is 2.33 bits per heavy atom. The van der Waals surface area contributed by atoms with E-state index in [2.05, 4.69) is 24.5 Å². The maximum Gasteiger partial charge on any atom is 0.342 e. The van der Waals surface area contributed by atoms with E-state index in [0.717, 1.165) is 6.26 Å². The summed E-state index contributed by atoms with van der Waals surface area (Å²) in [6, 6.07) is 0. The average Bonchev–Trinajstić information content (AvgIpc) is 1.87. The van der Waals surface area contributed by atoms with Crippen LogP contribution < -0.4 is 0 Å². The fourth-order valence-corrected chi connectivity index (χ4v) is 0.235. The second kappa shape index (κ2) is 3.66. The molecule has 0 unspecified atom stereocenters. The highest BCUT2D eigenvalue weighted by Crippen LogP contribution is 1.93. The van der Waals surface area contributed by atoms with E-state index in [1.165, 1.54) is 6.08 Å². The number of hydrogen-bond donors (Lipinski definition) is 0. The van der Waals surface area contributed by atoms with E-state index >= 15 is 0 Å². The lowest BCUT2D eigenvalue weighted by Crippen LogP contribution is -1.99. The van der Waals surface area contributed by atoms with Crippen LogP contribution in [0.5, 0.6) is 0 Å². The first-order valence-corrected chi connectivity index (χ1v) is 2.35. The second-order valence-corrected chi connectivity index (χ2v) is 1.30. The first-order chi connectivity index (χ1) is 4.22. The van der Waals surface area contributed by atoms with Gasteiger partial charge in [-0.1, -0.05) is 25.8 Å². The fourth-order valence-electron chi connectivity index (χ4n) is 0.235. The molecule has 0 N–H and O–H groups in total. The van der Waals surface area contributed by atoms with Crippen molar-refractivity contribution in [2.75, 3.05) is 0 Å². The number of hydrogen-bond acceptors (Lipinski definition) is 2. The zero-order valence-electron chi connectivity index (χ0n) is 5.09. The van der Waals surface area contributed by atoms with Gasteiger partial charge in [0, 0.05) is 0 Å². The summed E-state index contributed by atoms with van der Waals surface area (Å²) in [5.41, 5.74) is 0.231. The van der Waals surface area contributed by atoms with Crippen molar-refractivity contribution in [1.29, 1.82) is 0 Å². The van der Waals surface area contributed by atoms with E-state index in [4.69, 9.17) is 0 Å². The summed E-state index contributed by atoms with van der Waals surface area (Å²) in [4.78, 5) is 10.5. The van der Waals surface area contributed by atoms with Crippen LogP contribution >= 0.6 is 0 Å². The van der Waals surface area contributed by atoms with Crippen LogP contribution in [-0.4, -0.2) is 5.97 Å². The molecule has 0 spiro atoms. The van der Waals surface area contributed by atoms with Crippen molar-refractivity contribution in [3.63, 3.8) is 0 Å². The van der Waals surface area contributed by atoms with Crippen LogP contribution in [0.3, 0.4) is 0 Å². The molecule has 0 aliphatic heterocycles. The summed E-state index contributed by atoms with van der Waals surface area (Å²) in [7, 11) is 0. The molecule has 0 saturated carbocycles. The predicted molar refractivity (Wildman–Crippen MR) is 35.6 cm³/mol. The Hall–Kier alpha value is -1.31. The smallest absolute Gasteiger partial charge is 0.342 e. The fraction of sp³-hybridized carbons (Fsp3) is 0. The van der Waals surface area contributed by atoms with Crippen molar-refractivity contribution in [3.05, 3.63) is 37.6 Å². The maximum absolute atomic E-state index is 10.5. The Balaban J connectivity index is 3.87. The van der Waals surface area contributed by atoms with Crippen LogP contribution in [0.25, 0.3) is 0 Å². The van der Waals surface area contributed by atoms with Gasteiger partial charge in [0.2, 0.25) is 0 Å². The highest BCUT2D eigenvalue weighted by Gasteiger charge is 1.99. The Bertz CT molecular complexity index is 156. The molecule has 0 rings (SSSR count). The molecule has 0 radical (unpaired) electrons. The van der Waals surface area contributed by atoms with Crippen LogP contribution in [-0.2, 0) is 9.53 Å². The number of rotatable bonds is 3. The molecule has 0 aromatic carbocycles. The molecule has 9 heavy (non-hydrogen) atoms. The molecule has 0 atom stereocenters. The molecular weight excluding hydrogens is 116 g/mol. The molecule has 2 heteroatoms. The van der Waals surface area contributed by atoms with E-state index in [-0.39, 0.29) is 5.57 Å². The van der Waals surface area contributed by atoms with E-state index in [1.54, 1.807) is 0 Å². The van der Waals surface area contributed by atoms with Crippen molar-refractivity contribution in [2.24, 2.45) is 0 Å². The molecule has 0 heterocycles. The summed E-state index contributed by atoms with van der Waals surface area (Å²) < 4.78 is 4.35. The molecule has 0 fully saturated rings. The quantitative estimate of drug-likeness (QED) is 0.246. The SMILES string of the molecule is C=COC(=O)C(=C)C=C. The van der Waals surface area contributed by atoms with Gasteiger partial charge in [-0.15, -0.1) is 0 Å². The van der Waals surface area contributed by atoms with E-state index in [1.807, 2.05) is 0 Å². The molecule has 48 valence electrons. The highest BCUT2D eigenvalue weighted by atomic mass is 16.5. The second-order valence-electron chi connectivity index (χ2n) is 1.30. The van der Waals surface area contributed by atoms with Crippen LogP contribution in [0, 0.1) is 0 Å². The van der Waals surface area contributed by atoms with Crippen molar-refractivity contribution in [3.8, 4) is 0 Å². The van der Waals surface area contributed by atoms with Crippen LogP contribution in [0.1, 0.15) is 0 Å². The minimum atomic E-state index is -0.514. The summed E-state index contributed by atoms with van der Waals surface area (Å²) >= 11 is 0. The zero-order chi connectivity index (χ0) is 7.28. The van der Waals surface area contributed by atoms with Gasteiger partial charge < -0.3 is 4.74 Å². The molecule has 0 aromatic rings. The Morgan fingerprint density at radius 2 is 2.00 bits per heavy atom. The van der Waals surface area contributed by atoms with Gasteiger partial charge in [0.15, 0.2) is 0 Å². The normalized spacial score (nSPS) is 7.56. The molecule has 0 aliphatic rings. The van der Waals surface area contributed by atoms with Crippen molar-refractivity contribution < 1.29 is 9.53 Å². The van der Waals surface area contributed by atoms with Gasteiger partial charge in [-0.25, -0.2) is 4.79 Å². The van der Waals surface area contributed by atoms with Crippen LogP contribution in [0.2, 0.25) is 0 Å². The molecule has 2 nitrogen and oxygen atoms in total.